The quantitative estimate of drug-likeness (QED) is 0.332. The maximum atomic E-state index is 12.0. The van der Waals surface area contributed by atoms with Crippen molar-refractivity contribution in [3.63, 3.8) is 0 Å². The molecule has 0 saturated carbocycles. The Bertz CT molecular complexity index is 881. The highest BCUT2D eigenvalue weighted by atomic mass is 16.5. The number of anilines is 1. The van der Waals surface area contributed by atoms with E-state index in [9.17, 15) is 9.59 Å². The second kappa shape index (κ2) is 12.3. The zero-order valence-electron chi connectivity index (χ0n) is 17.7. The third-order valence-electron chi connectivity index (χ3n) is 4.34. The molecule has 2 aromatic rings. The van der Waals surface area contributed by atoms with Gasteiger partial charge in [-0.2, -0.15) is 5.10 Å². The summed E-state index contributed by atoms with van der Waals surface area (Å²) in [5.41, 5.74) is 4.91. The van der Waals surface area contributed by atoms with Gasteiger partial charge in [0.2, 0.25) is 11.8 Å². The van der Waals surface area contributed by atoms with E-state index >= 15 is 0 Å². The molecule has 30 heavy (non-hydrogen) atoms. The van der Waals surface area contributed by atoms with Crippen molar-refractivity contribution in [1.82, 2.24) is 5.43 Å². The lowest BCUT2D eigenvalue weighted by atomic mass is 10.2. The molecule has 2 rings (SSSR count). The number of unbranched alkanes of at least 4 members (excludes halogenated alkanes) is 1. The van der Waals surface area contributed by atoms with Gasteiger partial charge in [-0.05, 0) is 48.7 Å². The summed E-state index contributed by atoms with van der Waals surface area (Å²) < 4.78 is 11.0. The number of rotatable bonds is 11. The van der Waals surface area contributed by atoms with Crippen LogP contribution < -0.4 is 20.2 Å². The lowest BCUT2D eigenvalue weighted by molar-refractivity contribution is -0.124. The van der Waals surface area contributed by atoms with Gasteiger partial charge >= 0.3 is 0 Å². The number of nitrogens with one attached hydrogen (secondary N) is 2. The molecule has 0 saturated heterocycles. The molecular weight excluding hydrogens is 382 g/mol. The minimum Gasteiger partial charge on any atom is -0.493 e. The summed E-state index contributed by atoms with van der Waals surface area (Å²) in [6, 6.07) is 12.9. The number of hydrazone groups is 1. The van der Waals surface area contributed by atoms with Gasteiger partial charge in [-0.15, -0.1) is 0 Å². The topological polar surface area (TPSA) is 89.0 Å². The summed E-state index contributed by atoms with van der Waals surface area (Å²) >= 11 is 0. The first kappa shape index (κ1) is 22.9. The van der Waals surface area contributed by atoms with Crippen molar-refractivity contribution >= 4 is 23.7 Å². The van der Waals surface area contributed by atoms with E-state index in [0.29, 0.717) is 18.1 Å². The van der Waals surface area contributed by atoms with Crippen LogP contribution in [0.2, 0.25) is 0 Å². The number of benzene rings is 2. The number of carbonyl (C=O) groups excluding carboxylic acids is 2. The Morgan fingerprint density at radius 1 is 1.07 bits per heavy atom. The van der Waals surface area contributed by atoms with Gasteiger partial charge in [0, 0.05) is 18.5 Å². The normalized spacial score (nSPS) is 10.6. The van der Waals surface area contributed by atoms with Crippen molar-refractivity contribution in [3.05, 3.63) is 53.6 Å². The van der Waals surface area contributed by atoms with Crippen LogP contribution in [0.3, 0.4) is 0 Å². The van der Waals surface area contributed by atoms with Gasteiger partial charge in [0.15, 0.2) is 11.5 Å². The maximum Gasteiger partial charge on any atom is 0.240 e. The highest BCUT2D eigenvalue weighted by molar-refractivity contribution is 5.94. The molecule has 0 fully saturated rings. The Morgan fingerprint density at radius 3 is 2.57 bits per heavy atom. The molecule has 2 aromatic carbocycles. The largest absolute Gasteiger partial charge is 0.493 e. The van der Waals surface area contributed by atoms with E-state index in [1.807, 2.05) is 43.3 Å². The predicted octanol–water partition coefficient (Wildman–Crippen LogP) is 4.05. The molecule has 0 heterocycles. The Labute approximate surface area is 177 Å². The van der Waals surface area contributed by atoms with Gasteiger partial charge in [0.25, 0.3) is 0 Å². The van der Waals surface area contributed by atoms with Gasteiger partial charge in [0.05, 0.1) is 19.9 Å². The van der Waals surface area contributed by atoms with Crippen LogP contribution in [-0.4, -0.2) is 31.7 Å². The van der Waals surface area contributed by atoms with E-state index in [2.05, 4.69) is 22.8 Å². The lowest BCUT2D eigenvalue weighted by Crippen LogP contribution is -2.20. The van der Waals surface area contributed by atoms with Crippen LogP contribution in [0.25, 0.3) is 0 Å². The summed E-state index contributed by atoms with van der Waals surface area (Å²) in [6.07, 6.45) is 3.67. The molecule has 0 aliphatic carbocycles. The fraction of sp³-hybridized carbons (Fsp3) is 0.348. The smallest absolute Gasteiger partial charge is 0.240 e. The molecule has 0 atom stereocenters. The number of hydrogen-bond acceptors (Lipinski definition) is 5. The number of aryl methyl sites for hydroxylation is 1. The Balaban J connectivity index is 1.79. The van der Waals surface area contributed by atoms with Gasteiger partial charge in [-0.1, -0.05) is 31.5 Å². The van der Waals surface area contributed by atoms with Crippen LogP contribution in [0.15, 0.2) is 47.6 Å². The second-order valence-electron chi connectivity index (χ2n) is 6.77. The molecule has 160 valence electrons. The summed E-state index contributed by atoms with van der Waals surface area (Å²) in [7, 11) is 1.58. The van der Waals surface area contributed by atoms with Crippen LogP contribution in [-0.2, 0) is 9.59 Å². The fourth-order valence-corrected chi connectivity index (χ4v) is 2.60. The zero-order valence-corrected chi connectivity index (χ0v) is 17.7. The van der Waals surface area contributed by atoms with Crippen molar-refractivity contribution in [1.29, 1.82) is 0 Å². The standard InChI is InChI=1S/C23H29N3O4/c1-4-5-14-30-20-11-10-18(15-21(20)29-3)16-24-26-23(28)13-12-22(27)25-19-9-7-6-8-17(19)2/h6-11,15-16H,4-5,12-14H2,1-3H3,(H,25,27)(H,26,28). The van der Waals surface area contributed by atoms with E-state index in [-0.39, 0.29) is 24.7 Å². The number of nitrogens with zero attached hydrogens (tertiary/aromatic N) is 1. The lowest BCUT2D eigenvalue weighted by Gasteiger charge is -2.10. The Morgan fingerprint density at radius 2 is 1.83 bits per heavy atom. The molecular formula is C23H29N3O4. The van der Waals surface area contributed by atoms with E-state index in [1.165, 1.54) is 6.21 Å². The van der Waals surface area contributed by atoms with Crippen LogP contribution in [0.4, 0.5) is 5.69 Å². The third kappa shape index (κ3) is 7.58. The molecule has 2 amide bonds. The van der Waals surface area contributed by atoms with Crippen molar-refractivity contribution in [2.45, 2.75) is 39.5 Å². The Kier molecular flexibility index (Phi) is 9.37. The SMILES string of the molecule is CCCCOc1ccc(C=NNC(=O)CCC(=O)Nc2ccccc2C)cc1OC. The van der Waals surface area contributed by atoms with Crippen molar-refractivity contribution in [2.24, 2.45) is 5.10 Å². The fourth-order valence-electron chi connectivity index (χ4n) is 2.60. The van der Waals surface area contributed by atoms with E-state index in [0.717, 1.165) is 29.7 Å². The number of methoxy groups -OCH3 is 1. The molecule has 7 heteroatoms. The van der Waals surface area contributed by atoms with Gasteiger partial charge in [-0.3, -0.25) is 9.59 Å². The molecule has 0 unspecified atom stereocenters. The summed E-state index contributed by atoms with van der Waals surface area (Å²) in [4.78, 5) is 23.9. The first-order chi connectivity index (χ1) is 14.5. The van der Waals surface area contributed by atoms with Crippen molar-refractivity contribution < 1.29 is 19.1 Å². The molecule has 0 spiro atoms. The molecule has 0 aliphatic heterocycles. The van der Waals surface area contributed by atoms with Crippen LogP contribution >= 0.6 is 0 Å². The van der Waals surface area contributed by atoms with Gasteiger partial charge in [-0.25, -0.2) is 5.43 Å². The van der Waals surface area contributed by atoms with Gasteiger partial charge in [0.1, 0.15) is 0 Å². The summed E-state index contributed by atoms with van der Waals surface area (Å²) in [5, 5.41) is 6.75. The monoisotopic (exact) mass is 411 g/mol. The van der Waals surface area contributed by atoms with E-state index in [4.69, 9.17) is 9.47 Å². The summed E-state index contributed by atoms with van der Waals surface area (Å²) in [5.74, 6) is 0.727. The average Bonchev–Trinajstić information content (AvgIpc) is 2.75. The van der Waals surface area contributed by atoms with E-state index < -0.39 is 0 Å². The molecule has 0 bridgehead atoms. The highest BCUT2D eigenvalue weighted by Crippen LogP contribution is 2.27. The number of amides is 2. The highest BCUT2D eigenvalue weighted by Gasteiger charge is 2.08. The average molecular weight is 412 g/mol. The molecule has 0 radical (unpaired) electrons. The maximum absolute atomic E-state index is 12.0. The first-order valence-corrected chi connectivity index (χ1v) is 10.0. The Hall–Kier alpha value is -3.35. The number of hydrogen-bond donors (Lipinski definition) is 2. The van der Waals surface area contributed by atoms with Gasteiger partial charge < -0.3 is 14.8 Å². The second-order valence-corrected chi connectivity index (χ2v) is 6.77. The predicted molar refractivity (Wildman–Crippen MR) is 118 cm³/mol. The minimum atomic E-state index is -0.335. The molecule has 0 aliphatic rings. The molecule has 7 nitrogen and oxygen atoms in total. The first-order valence-electron chi connectivity index (χ1n) is 10.0. The van der Waals surface area contributed by atoms with Crippen LogP contribution in [0, 0.1) is 6.92 Å². The third-order valence-corrected chi connectivity index (χ3v) is 4.34. The van der Waals surface area contributed by atoms with Crippen molar-refractivity contribution in [3.8, 4) is 11.5 Å². The number of para-hydroxylation sites is 1. The van der Waals surface area contributed by atoms with Crippen LogP contribution in [0.5, 0.6) is 11.5 Å². The summed E-state index contributed by atoms with van der Waals surface area (Å²) in [6.45, 7) is 4.65. The molecule has 0 aromatic heterocycles. The zero-order chi connectivity index (χ0) is 21.8. The number of carbonyl (C=O) groups is 2. The number of ether oxygens (including phenoxy) is 2. The van der Waals surface area contributed by atoms with E-state index in [1.54, 1.807) is 13.2 Å². The minimum absolute atomic E-state index is 0.0442. The molecule has 2 N–H and O–H groups in total. The van der Waals surface area contributed by atoms with Crippen LogP contribution in [0.1, 0.15) is 43.7 Å². The van der Waals surface area contributed by atoms with Crippen molar-refractivity contribution in [2.75, 3.05) is 19.0 Å².